The number of carbonyl (C=O) groups is 2. The largest absolute Gasteiger partial charge is 0.383 e. The quantitative estimate of drug-likeness (QED) is 0.866. The number of carbonyl (C=O) groups excluding carboxylic acids is 2. The topological polar surface area (TPSA) is 73.2 Å². The average Bonchev–Trinajstić information content (AvgIpc) is 2.90. The Balaban J connectivity index is 2.11. The van der Waals surface area contributed by atoms with E-state index in [0.29, 0.717) is 26.0 Å². The Morgan fingerprint density at radius 2 is 2.08 bits per heavy atom. The van der Waals surface area contributed by atoms with Crippen molar-refractivity contribution in [1.82, 2.24) is 15.1 Å². The van der Waals surface area contributed by atoms with Crippen LogP contribution in [0.15, 0.2) is 18.2 Å². The Kier molecular flexibility index (Phi) is 4.64. The summed E-state index contributed by atoms with van der Waals surface area (Å²) in [6, 6.07) is 6.31. The lowest BCUT2D eigenvalue weighted by atomic mass is 9.85. The summed E-state index contributed by atoms with van der Waals surface area (Å²) in [7, 11) is 1.66. The van der Waals surface area contributed by atoms with E-state index in [4.69, 9.17) is 9.84 Å². The molecule has 1 fully saturated rings. The molecule has 1 aromatic carbocycles. The van der Waals surface area contributed by atoms with Gasteiger partial charge in [0, 0.05) is 18.9 Å². The van der Waals surface area contributed by atoms with E-state index >= 15 is 0 Å². The molecule has 2 amide bonds. The van der Waals surface area contributed by atoms with Crippen LogP contribution in [-0.2, 0) is 26.3 Å². The molecule has 1 atom stereocenters. The van der Waals surface area contributed by atoms with Crippen LogP contribution in [0.3, 0.4) is 0 Å². The highest BCUT2D eigenvalue weighted by Crippen LogP contribution is 2.33. The fourth-order valence-corrected chi connectivity index (χ4v) is 3.23. The number of methoxy groups -OCH3 is 1. The third-order valence-corrected chi connectivity index (χ3v) is 4.72. The predicted octanol–water partition coefficient (Wildman–Crippen LogP) is 2.50. The van der Waals surface area contributed by atoms with Crippen molar-refractivity contribution in [2.75, 3.05) is 13.7 Å². The summed E-state index contributed by atoms with van der Waals surface area (Å²) in [6.45, 7) is 7.65. The summed E-state index contributed by atoms with van der Waals surface area (Å²) in [5.74, 6) is -0.852. The minimum absolute atomic E-state index is 0.00484. The molecule has 25 heavy (non-hydrogen) atoms. The van der Waals surface area contributed by atoms with Crippen molar-refractivity contribution in [3.05, 3.63) is 29.5 Å². The normalized spacial score (nSPS) is 18.6. The van der Waals surface area contributed by atoms with Gasteiger partial charge in [0.1, 0.15) is 0 Å². The predicted molar refractivity (Wildman–Crippen MR) is 95.4 cm³/mol. The molecule has 1 unspecified atom stereocenters. The molecule has 1 N–H and O–H groups in total. The van der Waals surface area contributed by atoms with Crippen molar-refractivity contribution >= 4 is 22.7 Å². The third kappa shape index (κ3) is 3.44. The maximum absolute atomic E-state index is 12.3. The molecule has 1 aliphatic rings. The summed E-state index contributed by atoms with van der Waals surface area (Å²) in [4.78, 5) is 23.8. The number of fused-ring (bicyclic) bond motifs is 1. The SMILES string of the molecule is COCCn1nc(C2CCC(=O)NC2=O)c2cc(C(C)(C)C)ccc21. The molecule has 1 aliphatic heterocycles. The maximum Gasteiger partial charge on any atom is 0.235 e. The number of nitrogens with zero attached hydrogens (tertiary/aromatic N) is 2. The molecule has 0 radical (unpaired) electrons. The van der Waals surface area contributed by atoms with Crippen molar-refractivity contribution in [2.45, 2.75) is 51.5 Å². The van der Waals surface area contributed by atoms with Gasteiger partial charge in [-0.1, -0.05) is 26.8 Å². The molecule has 0 saturated carbocycles. The maximum atomic E-state index is 12.3. The number of amides is 2. The van der Waals surface area contributed by atoms with Crippen LogP contribution in [0.4, 0.5) is 0 Å². The average molecular weight is 343 g/mol. The highest BCUT2D eigenvalue weighted by Gasteiger charge is 2.32. The fourth-order valence-electron chi connectivity index (χ4n) is 3.23. The van der Waals surface area contributed by atoms with Crippen LogP contribution < -0.4 is 5.32 Å². The first-order chi connectivity index (χ1) is 11.8. The van der Waals surface area contributed by atoms with Crippen molar-refractivity contribution in [3.8, 4) is 0 Å². The van der Waals surface area contributed by atoms with Crippen LogP contribution in [0.2, 0.25) is 0 Å². The van der Waals surface area contributed by atoms with Crippen molar-refractivity contribution in [2.24, 2.45) is 0 Å². The van der Waals surface area contributed by atoms with Crippen LogP contribution in [0.5, 0.6) is 0 Å². The molecule has 0 bridgehead atoms. The lowest BCUT2D eigenvalue weighted by molar-refractivity contribution is -0.134. The van der Waals surface area contributed by atoms with Crippen molar-refractivity contribution in [3.63, 3.8) is 0 Å². The van der Waals surface area contributed by atoms with Crippen LogP contribution in [-0.4, -0.2) is 35.3 Å². The lowest BCUT2D eigenvalue weighted by Crippen LogP contribution is -2.39. The number of aromatic nitrogens is 2. The highest BCUT2D eigenvalue weighted by atomic mass is 16.5. The van der Waals surface area contributed by atoms with Crippen LogP contribution in [0, 0.1) is 0 Å². The molecule has 6 nitrogen and oxygen atoms in total. The Hall–Kier alpha value is -2.21. The second-order valence-electron chi connectivity index (χ2n) is 7.59. The van der Waals surface area contributed by atoms with Gasteiger partial charge in [-0.3, -0.25) is 19.6 Å². The van der Waals surface area contributed by atoms with Gasteiger partial charge >= 0.3 is 0 Å². The first-order valence-corrected chi connectivity index (χ1v) is 8.65. The minimum atomic E-state index is -0.390. The molecule has 0 aliphatic carbocycles. The summed E-state index contributed by atoms with van der Waals surface area (Å²) < 4.78 is 7.07. The van der Waals surface area contributed by atoms with Gasteiger partial charge < -0.3 is 4.74 Å². The third-order valence-electron chi connectivity index (χ3n) is 4.72. The van der Waals surface area contributed by atoms with Gasteiger partial charge in [0.2, 0.25) is 11.8 Å². The summed E-state index contributed by atoms with van der Waals surface area (Å²) in [5, 5.41) is 8.14. The number of hydrogen-bond donors (Lipinski definition) is 1. The molecule has 134 valence electrons. The zero-order valence-electron chi connectivity index (χ0n) is 15.3. The minimum Gasteiger partial charge on any atom is -0.383 e. The number of nitrogens with one attached hydrogen (secondary N) is 1. The highest BCUT2D eigenvalue weighted by molar-refractivity contribution is 6.02. The Bertz CT molecular complexity index is 817. The molecule has 2 aromatic rings. The lowest BCUT2D eigenvalue weighted by Gasteiger charge is -2.21. The van der Waals surface area contributed by atoms with Crippen LogP contribution >= 0.6 is 0 Å². The van der Waals surface area contributed by atoms with Crippen molar-refractivity contribution in [1.29, 1.82) is 0 Å². The first-order valence-electron chi connectivity index (χ1n) is 8.65. The van der Waals surface area contributed by atoms with E-state index in [2.05, 4.69) is 44.3 Å². The molecular formula is C19H25N3O3. The Labute approximate surface area is 147 Å². The number of ether oxygens (including phenoxy) is 1. The summed E-state index contributed by atoms with van der Waals surface area (Å²) >= 11 is 0. The van der Waals surface area contributed by atoms with Gasteiger partial charge in [-0.15, -0.1) is 0 Å². The van der Waals surface area contributed by atoms with Gasteiger partial charge in [-0.2, -0.15) is 5.10 Å². The molecule has 2 heterocycles. The molecule has 0 spiro atoms. The first kappa shape index (κ1) is 17.6. The molecule has 1 aromatic heterocycles. The van der Waals surface area contributed by atoms with Crippen molar-refractivity contribution < 1.29 is 14.3 Å². The number of benzene rings is 1. The number of piperidine rings is 1. The van der Waals surface area contributed by atoms with E-state index in [1.807, 2.05) is 4.68 Å². The molecular weight excluding hydrogens is 318 g/mol. The molecule has 3 rings (SSSR count). The van der Waals surface area contributed by atoms with Gasteiger partial charge in [0.05, 0.1) is 30.3 Å². The molecule has 1 saturated heterocycles. The zero-order valence-corrected chi connectivity index (χ0v) is 15.3. The Morgan fingerprint density at radius 1 is 1.32 bits per heavy atom. The van der Waals surface area contributed by atoms with Gasteiger partial charge in [-0.05, 0) is 29.5 Å². The smallest absolute Gasteiger partial charge is 0.235 e. The number of hydrogen-bond acceptors (Lipinski definition) is 4. The molecule has 6 heteroatoms. The van der Waals surface area contributed by atoms with E-state index in [1.165, 1.54) is 5.56 Å². The number of rotatable bonds is 4. The van der Waals surface area contributed by atoms with E-state index in [9.17, 15) is 9.59 Å². The fraction of sp³-hybridized carbons (Fsp3) is 0.526. The van der Waals surface area contributed by atoms with Gasteiger partial charge in [0.15, 0.2) is 0 Å². The van der Waals surface area contributed by atoms with E-state index < -0.39 is 0 Å². The van der Waals surface area contributed by atoms with Crippen LogP contribution in [0.25, 0.3) is 10.9 Å². The second kappa shape index (κ2) is 6.59. The number of imide groups is 1. The monoisotopic (exact) mass is 343 g/mol. The second-order valence-corrected chi connectivity index (χ2v) is 7.59. The standard InChI is InChI=1S/C19H25N3O3/c1-19(2,3)12-5-7-15-14(11-12)17(21-22(15)9-10-25-4)13-6-8-16(23)20-18(13)24/h5,7,11,13H,6,8-10H2,1-4H3,(H,20,23,24). The summed E-state index contributed by atoms with van der Waals surface area (Å²) in [6.07, 6.45) is 0.850. The van der Waals surface area contributed by atoms with Crippen LogP contribution in [0.1, 0.15) is 50.8 Å². The Morgan fingerprint density at radius 3 is 2.72 bits per heavy atom. The zero-order chi connectivity index (χ0) is 18.2. The van der Waals surface area contributed by atoms with Gasteiger partial charge in [-0.25, -0.2) is 0 Å². The van der Waals surface area contributed by atoms with Gasteiger partial charge in [0.25, 0.3) is 0 Å². The summed E-state index contributed by atoms with van der Waals surface area (Å²) in [5.41, 5.74) is 2.94. The van der Waals surface area contributed by atoms with E-state index in [0.717, 1.165) is 16.6 Å². The van der Waals surface area contributed by atoms with E-state index in [1.54, 1.807) is 7.11 Å². The van der Waals surface area contributed by atoms with E-state index in [-0.39, 0.29) is 23.1 Å².